The Kier molecular flexibility index (Phi) is 6.72. The zero-order valence-electron chi connectivity index (χ0n) is 18.0. The van der Waals surface area contributed by atoms with E-state index < -0.39 is 17.4 Å². The van der Waals surface area contributed by atoms with E-state index in [0.29, 0.717) is 22.7 Å². The van der Waals surface area contributed by atoms with E-state index in [1.165, 1.54) is 6.20 Å². The van der Waals surface area contributed by atoms with E-state index in [1.54, 1.807) is 23.8 Å². The summed E-state index contributed by atoms with van der Waals surface area (Å²) in [4.78, 5) is 24.8. The van der Waals surface area contributed by atoms with Gasteiger partial charge in [0.15, 0.2) is 0 Å². The van der Waals surface area contributed by atoms with Gasteiger partial charge in [-0.1, -0.05) is 37.6 Å². The van der Waals surface area contributed by atoms with Gasteiger partial charge in [0.1, 0.15) is 11.3 Å². The lowest BCUT2D eigenvalue weighted by atomic mass is 9.97. The van der Waals surface area contributed by atoms with Crippen molar-refractivity contribution in [2.24, 2.45) is 5.92 Å². The number of ether oxygens (including phenoxy) is 1. The van der Waals surface area contributed by atoms with Crippen molar-refractivity contribution < 1.29 is 19.7 Å². The monoisotopic (exact) mass is 443 g/mol. The zero-order valence-corrected chi connectivity index (χ0v) is 18.7. The molecule has 0 aliphatic rings. The summed E-state index contributed by atoms with van der Waals surface area (Å²) >= 11 is 6.26. The average Bonchev–Trinajstić information content (AvgIpc) is 2.72. The standard InChI is InChI=1S/C24H26ClNO5/c1-13(2)21(12-27)26-11-18(24(29)30)23(28)17-9-16(22(31-4)10-20(17)26)8-15-6-5-7-19(25)14(15)3/h5-7,9-11,13,21,27H,8,12H2,1-4H3,(H,29,30)/t21-/m1/s1. The third kappa shape index (κ3) is 4.31. The van der Waals surface area contributed by atoms with Crippen LogP contribution >= 0.6 is 11.6 Å². The summed E-state index contributed by atoms with van der Waals surface area (Å²) in [7, 11) is 1.55. The lowest BCUT2D eigenvalue weighted by Crippen LogP contribution is -2.25. The number of benzene rings is 2. The third-order valence-corrected chi connectivity index (χ3v) is 6.15. The molecule has 2 aromatic carbocycles. The van der Waals surface area contributed by atoms with Gasteiger partial charge in [0, 0.05) is 29.1 Å². The molecule has 1 heterocycles. The molecule has 0 saturated heterocycles. The fourth-order valence-electron chi connectivity index (χ4n) is 3.85. The van der Waals surface area contributed by atoms with Crippen molar-refractivity contribution in [2.45, 2.75) is 33.2 Å². The van der Waals surface area contributed by atoms with Crippen LogP contribution in [0.4, 0.5) is 0 Å². The normalized spacial score (nSPS) is 12.4. The van der Waals surface area contributed by atoms with Gasteiger partial charge in [-0.25, -0.2) is 4.79 Å². The Bertz CT molecular complexity index is 1200. The van der Waals surface area contributed by atoms with Crippen molar-refractivity contribution >= 4 is 28.5 Å². The fraction of sp³-hybridized carbons (Fsp3) is 0.333. The third-order valence-electron chi connectivity index (χ3n) is 5.74. The van der Waals surface area contributed by atoms with E-state index in [0.717, 1.165) is 16.7 Å². The summed E-state index contributed by atoms with van der Waals surface area (Å²) < 4.78 is 7.28. The van der Waals surface area contributed by atoms with E-state index in [1.807, 2.05) is 39.0 Å². The summed E-state index contributed by atoms with van der Waals surface area (Å²) in [5, 5.41) is 20.5. The van der Waals surface area contributed by atoms with Crippen LogP contribution in [0.2, 0.25) is 5.02 Å². The first kappa shape index (κ1) is 22.8. The summed E-state index contributed by atoms with van der Waals surface area (Å²) in [5.41, 5.74) is 2.29. The number of carbonyl (C=O) groups is 1. The van der Waals surface area contributed by atoms with Crippen LogP contribution in [-0.2, 0) is 6.42 Å². The van der Waals surface area contributed by atoms with Gasteiger partial charge in [0.05, 0.1) is 25.3 Å². The molecular formula is C24H26ClNO5. The Morgan fingerprint density at radius 1 is 1.23 bits per heavy atom. The van der Waals surface area contributed by atoms with Gasteiger partial charge in [-0.2, -0.15) is 0 Å². The predicted octanol–water partition coefficient (Wildman–Crippen LogP) is 4.45. The van der Waals surface area contributed by atoms with Crippen molar-refractivity contribution in [1.82, 2.24) is 4.57 Å². The Balaban J connectivity index is 2.32. The van der Waals surface area contributed by atoms with Crippen molar-refractivity contribution in [2.75, 3.05) is 13.7 Å². The maximum absolute atomic E-state index is 13.0. The Morgan fingerprint density at radius 3 is 2.52 bits per heavy atom. The highest BCUT2D eigenvalue weighted by atomic mass is 35.5. The second kappa shape index (κ2) is 9.12. The molecule has 3 aromatic rings. The average molecular weight is 444 g/mol. The molecule has 1 atom stereocenters. The molecule has 6 nitrogen and oxygen atoms in total. The van der Waals surface area contributed by atoms with Gasteiger partial charge in [0.2, 0.25) is 5.43 Å². The van der Waals surface area contributed by atoms with E-state index in [9.17, 15) is 19.8 Å². The number of aliphatic hydroxyl groups is 1. The van der Waals surface area contributed by atoms with Crippen molar-refractivity contribution in [3.05, 3.63) is 74.0 Å². The number of pyridine rings is 1. The minimum absolute atomic E-state index is 0.0112. The van der Waals surface area contributed by atoms with Crippen LogP contribution in [0.15, 0.2) is 41.3 Å². The number of aromatic nitrogens is 1. The molecular weight excluding hydrogens is 418 g/mol. The molecule has 0 aliphatic heterocycles. The van der Waals surface area contributed by atoms with E-state index in [2.05, 4.69) is 0 Å². The van der Waals surface area contributed by atoms with E-state index in [4.69, 9.17) is 16.3 Å². The maximum atomic E-state index is 13.0. The smallest absolute Gasteiger partial charge is 0.341 e. The number of methoxy groups -OCH3 is 1. The van der Waals surface area contributed by atoms with Gasteiger partial charge >= 0.3 is 5.97 Å². The molecule has 2 N–H and O–H groups in total. The van der Waals surface area contributed by atoms with Gasteiger partial charge in [-0.3, -0.25) is 4.79 Å². The molecule has 0 aliphatic carbocycles. The van der Waals surface area contributed by atoms with Gasteiger partial charge < -0.3 is 19.5 Å². The van der Waals surface area contributed by atoms with Crippen LogP contribution in [0.5, 0.6) is 5.75 Å². The van der Waals surface area contributed by atoms with Crippen molar-refractivity contribution in [3.63, 3.8) is 0 Å². The number of hydrogen-bond donors (Lipinski definition) is 2. The lowest BCUT2D eigenvalue weighted by Gasteiger charge is -2.25. The molecule has 0 bridgehead atoms. The number of hydrogen-bond acceptors (Lipinski definition) is 4. The Morgan fingerprint density at radius 2 is 1.94 bits per heavy atom. The quantitative estimate of drug-likeness (QED) is 0.563. The van der Waals surface area contributed by atoms with Gasteiger partial charge in [-0.15, -0.1) is 0 Å². The highest BCUT2D eigenvalue weighted by molar-refractivity contribution is 6.31. The minimum atomic E-state index is -1.30. The molecule has 3 rings (SSSR count). The fourth-order valence-corrected chi connectivity index (χ4v) is 4.04. The summed E-state index contributed by atoms with van der Waals surface area (Å²) in [6.07, 6.45) is 1.78. The molecule has 0 amide bonds. The number of aliphatic hydroxyl groups excluding tert-OH is 1. The molecule has 0 radical (unpaired) electrons. The number of halogens is 1. The van der Waals surface area contributed by atoms with Crippen LogP contribution in [-0.4, -0.2) is 34.5 Å². The highest BCUT2D eigenvalue weighted by Crippen LogP contribution is 2.31. The van der Waals surface area contributed by atoms with Crippen molar-refractivity contribution in [3.8, 4) is 5.75 Å². The second-order valence-corrected chi connectivity index (χ2v) is 8.37. The molecule has 7 heteroatoms. The Hall–Kier alpha value is -2.83. The van der Waals surface area contributed by atoms with Crippen LogP contribution in [0.25, 0.3) is 10.9 Å². The first-order valence-corrected chi connectivity index (χ1v) is 10.4. The SMILES string of the molecule is COc1cc2c(cc1Cc1cccc(Cl)c1C)c(=O)c(C(=O)O)cn2[C@H](CO)C(C)C. The van der Waals surface area contributed by atoms with Crippen LogP contribution in [0.3, 0.4) is 0 Å². The van der Waals surface area contributed by atoms with Gasteiger partial charge in [0.25, 0.3) is 0 Å². The summed E-state index contributed by atoms with van der Waals surface area (Å²) in [5.74, 6) is -0.718. The minimum Gasteiger partial charge on any atom is -0.496 e. The predicted molar refractivity (Wildman–Crippen MR) is 122 cm³/mol. The number of carboxylic acid groups (broad SMARTS) is 1. The molecule has 0 unspecified atom stereocenters. The number of carboxylic acids is 1. The second-order valence-electron chi connectivity index (χ2n) is 7.96. The number of fused-ring (bicyclic) bond motifs is 1. The summed E-state index contributed by atoms with van der Waals surface area (Å²) in [6, 6.07) is 8.67. The largest absolute Gasteiger partial charge is 0.496 e. The molecule has 31 heavy (non-hydrogen) atoms. The zero-order chi connectivity index (χ0) is 22.9. The highest BCUT2D eigenvalue weighted by Gasteiger charge is 2.22. The lowest BCUT2D eigenvalue weighted by molar-refractivity contribution is 0.0694. The van der Waals surface area contributed by atoms with Crippen LogP contribution in [0.1, 0.15) is 46.9 Å². The molecule has 0 fully saturated rings. The first-order chi connectivity index (χ1) is 14.7. The Labute approximate surface area is 185 Å². The topological polar surface area (TPSA) is 88.8 Å². The maximum Gasteiger partial charge on any atom is 0.341 e. The molecule has 1 aromatic heterocycles. The van der Waals surface area contributed by atoms with Crippen molar-refractivity contribution in [1.29, 1.82) is 0 Å². The van der Waals surface area contributed by atoms with Crippen LogP contribution in [0, 0.1) is 12.8 Å². The van der Waals surface area contributed by atoms with Gasteiger partial charge in [-0.05, 0) is 41.7 Å². The molecule has 0 saturated carbocycles. The number of rotatable bonds is 7. The van der Waals surface area contributed by atoms with E-state index in [-0.39, 0.29) is 23.5 Å². The molecule has 0 spiro atoms. The first-order valence-electron chi connectivity index (χ1n) is 10.0. The van der Waals surface area contributed by atoms with E-state index >= 15 is 0 Å². The van der Waals surface area contributed by atoms with Crippen LogP contribution < -0.4 is 10.2 Å². The number of aromatic carboxylic acids is 1. The summed E-state index contributed by atoms with van der Waals surface area (Å²) in [6.45, 7) is 5.59. The molecule has 164 valence electrons. The number of nitrogens with zero attached hydrogens (tertiary/aromatic N) is 1.